The van der Waals surface area contributed by atoms with Crippen LogP contribution in [0.15, 0.2) is 47.9 Å². The molecule has 0 atom stereocenters. The van der Waals surface area contributed by atoms with Crippen molar-refractivity contribution in [1.82, 2.24) is 9.80 Å². The molecule has 0 radical (unpaired) electrons. The molecule has 0 spiro atoms. The van der Waals surface area contributed by atoms with Crippen LogP contribution in [0, 0.1) is 0 Å². The Morgan fingerprint density at radius 1 is 1.12 bits per heavy atom. The van der Waals surface area contributed by atoms with Crippen LogP contribution < -0.4 is 0 Å². The van der Waals surface area contributed by atoms with Crippen LogP contribution in [0.2, 0.25) is 0 Å². The Kier molecular flexibility index (Phi) is 5.83. The second-order valence-corrected chi connectivity index (χ2v) is 6.95. The Morgan fingerprint density at radius 3 is 2.58 bits per heavy atom. The third-order valence-electron chi connectivity index (χ3n) is 4.45. The first-order chi connectivity index (χ1) is 11.8. The molecule has 1 saturated heterocycles. The molecule has 1 aliphatic rings. The van der Waals surface area contributed by atoms with Gasteiger partial charge in [0.1, 0.15) is 0 Å². The van der Waals surface area contributed by atoms with Gasteiger partial charge in [0.05, 0.1) is 4.88 Å². The summed E-state index contributed by atoms with van der Waals surface area (Å²) in [5.74, 6) is 0.210. The molecule has 24 heavy (non-hydrogen) atoms. The largest absolute Gasteiger partial charge is 0.335 e. The van der Waals surface area contributed by atoms with Crippen LogP contribution in [0.4, 0.5) is 0 Å². The summed E-state index contributed by atoms with van der Waals surface area (Å²) in [7, 11) is 0. The average molecular weight is 340 g/mol. The molecule has 0 unspecified atom stereocenters. The predicted molar refractivity (Wildman–Crippen MR) is 102 cm³/mol. The van der Waals surface area contributed by atoms with Gasteiger partial charge in [0.25, 0.3) is 5.91 Å². The Labute approximate surface area is 148 Å². The van der Waals surface area contributed by atoms with Crippen LogP contribution in [-0.4, -0.2) is 48.4 Å². The zero-order chi connectivity index (χ0) is 16.8. The van der Waals surface area contributed by atoms with Crippen LogP contribution in [0.3, 0.4) is 0 Å². The Bertz CT molecular complexity index is 685. The molecule has 1 aromatic heterocycles. The maximum Gasteiger partial charge on any atom is 0.264 e. The second-order valence-electron chi connectivity index (χ2n) is 6.03. The van der Waals surface area contributed by atoms with Crippen LogP contribution in [-0.2, 0) is 6.42 Å². The van der Waals surface area contributed by atoms with Gasteiger partial charge in [0.2, 0.25) is 0 Å². The highest BCUT2D eigenvalue weighted by Crippen LogP contribution is 2.20. The lowest BCUT2D eigenvalue weighted by molar-refractivity contribution is 0.0654. The van der Waals surface area contributed by atoms with Gasteiger partial charge in [0, 0.05) is 32.7 Å². The monoisotopic (exact) mass is 340 g/mol. The number of hydrogen-bond donors (Lipinski definition) is 0. The van der Waals surface area contributed by atoms with E-state index in [1.807, 2.05) is 16.3 Å². The minimum absolute atomic E-state index is 0.210. The Balaban J connectivity index is 1.49. The highest BCUT2D eigenvalue weighted by atomic mass is 32.1. The van der Waals surface area contributed by atoms with Crippen LogP contribution >= 0.6 is 11.3 Å². The fourth-order valence-corrected chi connectivity index (χ4v) is 3.94. The van der Waals surface area contributed by atoms with Gasteiger partial charge in [-0.3, -0.25) is 9.69 Å². The lowest BCUT2D eigenvalue weighted by Gasteiger charge is -2.34. The van der Waals surface area contributed by atoms with Crippen LogP contribution in [0.25, 0.3) is 6.08 Å². The van der Waals surface area contributed by atoms with Crippen molar-refractivity contribution in [3.05, 3.63) is 63.9 Å². The minimum Gasteiger partial charge on any atom is -0.335 e. The molecule has 126 valence electrons. The van der Waals surface area contributed by atoms with E-state index >= 15 is 0 Å². The molecule has 1 fully saturated rings. The van der Waals surface area contributed by atoms with Gasteiger partial charge in [-0.05, 0) is 29.0 Å². The van der Waals surface area contributed by atoms with Gasteiger partial charge in [-0.1, -0.05) is 49.4 Å². The van der Waals surface area contributed by atoms with Gasteiger partial charge in [-0.2, -0.15) is 0 Å². The molecule has 3 rings (SSSR count). The van der Waals surface area contributed by atoms with Crippen LogP contribution in [0.5, 0.6) is 0 Å². The zero-order valence-electron chi connectivity index (χ0n) is 14.1. The summed E-state index contributed by atoms with van der Waals surface area (Å²) in [6.07, 6.45) is 5.30. The number of thiophene rings is 1. The molecule has 0 saturated carbocycles. The summed E-state index contributed by atoms with van der Waals surface area (Å²) < 4.78 is 0. The van der Waals surface area contributed by atoms with E-state index in [1.165, 1.54) is 11.1 Å². The van der Waals surface area contributed by atoms with Crippen molar-refractivity contribution in [2.75, 3.05) is 32.7 Å². The van der Waals surface area contributed by atoms with Gasteiger partial charge >= 0.3 is 0 Å². The van der Waals surface area contributed by atoms with E-state index < -0.39 is 0 Å². The van der Waals surface area contributed by atoms with Crippen molar-refractivity contribution in [2.24, 2.45) is 0 Å². The van der Waals surface area contributed by atoms with Crippen molar-refractivity contribution >= 4 is 23.3 Å². The first kappa shape index (κ1) is 16.9. The number of rotatable bonds is 5. The highest BCUT2D eigenvalue weighted by molar-refractivity contribution is 7.12. The number of hydrogen-bond acceptors (Lipinski definition) is 3. The number of nitrogens with zero attached hydrogens (tertiary/aromatic N) is 2. The molecule has 2 aromatic rings. The number of carbonyl (C=O) groups is 1. The summed E-state index contributed by atoms with van der Waals surface area (Å²) in [5, 5.41) is 2.02. The van der Waals surface area contributed by atoms with Gasteiger partial charge in [-0.25, -0.2) is 0 Å². The fourth-order valence-electron chi connectivity index (χ4n) is 2.98. The van der Waals surface area contributed by atoms with E-state index in [0.29, 0.717) is 0 Å². The SMILES string of the molecule is CCc1ccsc1C(=O)N1CCN(C/C=C/c2ccccc2)CC1. The topological polar surface area (TPSA) is 23.6 Å². The number of piperazine rings is 1. The Morgan fingerprint density at radius 2 is 1.88 bits per heavy atom. The molecule has 4 heteroatoms. The summed E-state index contributed by atoms with van der Waals surface area (Å²) in [5.41, 5.74) is 2.41. The number of benzene rings is 1. The molecule has 3 nitrogen and oxygen atoms in total. The number of carbonyl (C=O) groups excluding carboxylic acids is 1. The third-order valence-corrected chi connectivity index (χ3v) is 5.40. The lowest BCUT2D eigenvalue weighted by Crippen LogP contribution is -2.48. The first-order valence-electron chi connectivity index (χ1n) is 8.57. The quantitative estimate of drug-likeness (QED) is 0.827. The molecule has 1 aliphatic heterocycles. The molecule has 0 bridgehead atoms. The van der Waals surface area contributed by atoms with Crippen molar-refractivity contribution in [2.45, 2.75) is 13.3 Å². The van der Waals surface area contributed by atoms with E-state index in [0.717, 1.165) is 44.0 Å². The average Bonchev–Trinajstić information content (AvgIpc) is 3.11. The van der Waals surface area contributed by atoms with Crippen LogP contribution in [0.1, 0.15) is 27.7 Å². The number of aryl methyl sites for hydroxylation is 1. The maximum atomic E-state index is 12.7. The zero-order valence-corrected chi connectivity index (χ0v) is 15.0. The van der Waals surface area contributed by atoms with Gasteiger partial charge in [0.15, 0.2) is 0 Å². The molecule has 2 heterocycles. The van der Waals surface area contributed by atoms with Gasteiger partial charge in [-0.15, -0.1) is 11.3 Å². The molecule has 1 aromatic carbocycles. The van der Waals surface area contributed by atoms with Crippen molar-refractivity contribution < 1.29 is 4.79 Å². The normalized spacial score (nSPS) is 16.0. The standard InChI is InChI=1S/C20H24N2OS/c1-2-18-10-16-24-19(18)20(23)22-14-12-21(13-15-22)11-6-9-17-7-4-3-5-8-17/h3-10,16H,2,11-15H2,1H3/b9-6+. The second kappa shape index (κ2) is 8.27. The summed E-state index contributed by atoms with van der Waals surface area (Å²) in [6.45, 7) is 6.57. The maximum absolute atomic E-state index is 12.7. The smallest absolute Gasteiger partial charge is 0.264 e. The van der Waals surface area contributed by atoms with E-state index in [4.69, 9.17) is 0 Å². The summed E-state index contributed by atoms with van der Waals surface area (Å²) in [6, 6.07) is 12.4. The van der Waals surface area contributed by atoms with E-state index in [-0.39, 0.29) is 5.91 Å². The fraction of sp³-hybridized carbons (Fsp3) is 0.350. The van der Waals surface area contributed by atoms with Crippen molar-refractivity contribution in [3.8, 4) is 0 Å². The minimum atomic E-state index is 0.210. The van der Waals surface area contributed by atoms with Crippen molar-refractivity contribution in [1.29, 1.82) is 0 Å². The molecule has 0 aliphatic carbocycles. The third kappa shape index (κ3) is 4.13. The molecule has 1 amide bonds. The highest BCUT2D eigenvalue weighted by Gasteiger charge is 2.23. The number of amides is 1. The van der Waals surface area contributed by atoms with Gasteiger partial charge < -0.3 is 4.90 Å². The van der Waals surface area contributed by atoms with Crippen molar-refractivity contribution in [3.63, 3.8) is 0 Å². The van der Waals surface area contributed by atoms with E-state index in [9.17, 15) is 4.79 Å². The summed E-state index contributed by atoms with van der Waals surface area (Å²) in [4.78, 5) is 18.0. The molecule has 0 N–H and O–H groups in total. The summed E-state index contributed by atoms with van der Waals surface area (Å²) >= 11 is 1.57. The predicted octanol–water partition coefficient (Wildman–Crippen LogP) is 3.78. The van der Waals surface area contributed by atoms with E-state index in [2.05, 4.69) is 54.3 Å². The molecular formula is C20H24N2OS. The Hall–Kier alpha value is -1.91. The first-order valence-corrected chi connectivity index (χ1v) is 9.45. The lowest BCUT2D eigenvalue weighted by atomic mass is 10.2. The molecular weight excluding hydrogens is 316 g/mol. The van der Waals surface area contributed by atoms with E-state index in [1.54, 1.807) is 11.3 Å².